The second-order valence-electron chi connectivity index (χ2n) is 9.20. The van der Waals surface area contributed by atoms with Crippen LogP contribution in [0.3, 0.4) is 0 Å². The van der Waals surface area contributed by atoms with E-state index in [9.17, 15) is 14.4 Å². The van der Waals surface area contributed by atoms with Crippen molar-refractivity contribution < 1.29 is 4.39 Å². The summed E-state index contributed by atoms with van der Waals surface area (Å²) in [5, 5.41) is 16.5. The number of halogens is 1. The number of hydrogen-bond acceptors (Lipinski definition) is 6. The van der Waals surface area contributed by atoms with Crippen LogP contribution < -0.4 is 16.2 Å². The van der Waals surface area contributed by atoms with E-state index >= 15 is 0 Å². The minimum atomic E-state index is -1.04. The Morgan fingerprint density at radius 1 is 1.23 bits per heavy atom. The average molecular weight is 472 g/mol. The van der Waals surface area contributed by atoms with Crippen LogP contribution in [-0.4, -0.2) is 25.9 Å². The first-order chi connectivity index (χ1) is 16.8. The standard InChI is InChI=1S/C26H26FN7O/c1-4-33-24(35)20-14-30-25(31-18-6-5-17-13-29-10-9-16(17)11-18)32-23(20)34(33)19-7-8-22(27)21(12-19)26(2,3)15-28/h5-8,11-12,14,29H,4,9-10,13H2,1-3H3,(H,30,31,32). The molecule has 2 aromatic heterocycles. The predicted molar refractivity (Wildman–Crippen MR) is 133 cm³/mol. The molecular formula is C26H26FN7O. The normalized spacial score (nSPS) is 13.5. The Labute approximate surface area is 202 Å². The second kappa shape index (κ2) is 8.64. The lowest BCUT2D eigenvalue weighted by Gasteiger charge is -2.19. The van der Waals surface area contributed by atoms with E-state index in [0.717, 1.165) is 25.2 Å². The molecule has 0 aliphatic carbocycles. The number of anilines is 2. The summed E-state index contributed by atoms with van der Waals surface area (Å²) in [5.74, 6) is -0.116. The summed E-state index contributed by atoms with van der Waals surface area (Å²) < 4.78 is 17.8. The molecule has 0 spiro atoms. The third-order valence-electron chi connectivity index (χ3n) is 6.47. The smallest absolute Gasteiger partial charge is 0.278 e. The molecule has 1 aliphatic heterocycles. The van der Waals surface area contributed by atoms with Gasteiger partial charge in [0.05, 0.1) is 17.2 Å². The van der Waals surface area contributed by atoms with Crippen LogP contribution in [-0.2, 0) is 24.9 Å². The Morgan fingerprint density at radius 3 is 2.83 bits per heavy atom. The Morgan fingerprint density at radius 2 is 2.06 bits per heavy atom. The van der Waals surface area contributed by atoms with Gasteiger partial charge in [0.2, 0.25) is 5.95 Å². The van der Waals surface area contributed by atoms with Crippen molar-refractivity contribution in [3.8, 4) is 11.8 Å². The summed E-state index contributed by atoms with van der Waals surface area (Å²) in [6.07, 6.45) is 2.47. The van der Waals surface area contributed by atoms with Crippen LogP contribution in [0.25, 0.3) is 16.7 Å². The fourth-order valence-corrected chi connectivity index (χ4v) is 4.50. The topological polar surface area (TPSA) is 101 Å². The van der Waals surface area contributed by atoms with Crippen LogP contribution in [0.15, 0.2) is 47.4 Å². The van der Waals surface area contributed by atoms with Crippen molar-refractivity contribution in [1.29, 1.82) is 5.26 Å². The van der Waals surface area contributed by atoms with Gasteiger partial charge in [-0.3, -0.25) is 4.79 Å². The second-order valence-corrected chi connectivity index (χ2v) is 9.20. The molecule has 8 nitrogen and oxygen atoms in total. The molecule has 4 aromatic rings. The lowest BCUT2D eigenvalue weighted by Crippen LogP contribution is -2.23. The Hall–Kier alpha value is -4.03. The van der Waals surface area contributed by atoms with Crippen molar-refractivity contribution in [3.05, 3.63) is 75.5 Å². The van der Waals surface area contributed by atoms with E-state index in [1.807, 2.05) is 13.0 Å². The van der Waals surface area contributed by atoms with Crippen LogP contribution in [0.5, 0.6) is 0 Å². The quantitative estimate of drug-likeness (QED) is 0.457. The van der Waals surface area contributed by atoms with Crippen molar-refractivity contribution in [1.82, 2.24) is 24.6 Å². The largest absolute Gasteiger partial charge is 0.324 e. The van der Waals surface area contributed by atoms with E-state index in [2.05, 4.69) is 38.8 Å². The van der Waals surface area contributed by atoms with Gasteiger partial charge in [-0.2, -0.15) is 10.2 Å². The van der Waals surface area contributed by atoms with Crippen molar-refractivity contribution in [2.75, 3.05) is 11.9 Å². The first-order valence-corrected chi connectivity index (χ1v) is 11.6. The maximum absolute atomic E-state index is 14.6. The lowest BCUT2D eigenvalue weighted by molar-refractivity contribution is 0.554. The predicted octanol–water partition coefficient (Wildman–Crippen LogP) is 3.93. The highest BCUT2D eigenvalue weighted by molar-refractivity contribution is 5.77. The van der Waals surface area contributed by atoms with E-state index in [1.54, 1.807) is 30.7 Å². The number of rotatable bonds is 5. The number of nitrogens with zero attached hydrogens (tertiary/aromatic N) is 5. The van der Waals surface area contributed by atoms with Gasteiger partial charge >= 0.3 is 0 Å². The number of benzene rings is 2. The molecule has 0 unspecified atom stereocenters. The molecule has 5 rings (SSSR count). The van der Waals surface area contributed by atoms with Gasteiger partial charge in [0.1, 0.15) is 11.2 Å². The maximum Gasteiger partial charge on any atom is 0.278 e. The van der Waals surface area contributed by atoms with Crippen LogP contribution >= 0.6 is 0 Å². The zero-order valence-corrected chi connectivity index (χ0v) is 19.9. The molecule has 2 N–H and O–H groups in total. The summed E-state index contributed by atoms with van der Waals surface area (Å²) in [7, 11) is 0. The molecule has 0 bridgehead atoms. The summed E-state index contributed by atoms with van der Waals surface area (Å²) in [6.45, 7) is 7.36. The van der Waals surface area contributed by atoms with E-state index in [1.165, 1.54) is 28.1 Å². The zero-order chi connectivity index (χ0) is 24.7. The molecule has 0 atom stereocenters. The van der Waals surface area contributed by atoms with Crippen molar-refractivity contribution in [2.45, 2.75) is 45.7 Å². The highest BCUT2D eigenvalue weighted by Gasteiger charge is 2.26. The van der Waals surface area contributed by atoms with Crippen LogP contribution in [0.2, 0.25) is 0 Å². The van der Waals surface area contributed by atoms with Gasteiger partial charge in [0, 0.05) is 30.5 Å². The Bertz CT molecular complexity index is 1540. The van der Waals surface area contributed by atoms with Gasteiger partial charge in [-0.05, 0) is 75.2 Å². The summed E-state index contributed by atoms with van der Waals surface area (Å²) in [4.78, 5) is 22.1. The molecule has 0 saturated carbocycles. The summed E-state index contributed by atoms with van der Waals surface area (Å²) >= 11 is 0. The van der Waals surface area contributed by atoms with Gasteiger partial charge in [0.15, 0.2) is 5.65 Å². The van der Waals surface area contributed by atoms with Crippen molar-refractivity contribution in [2.24, 2.45) is 0 Å². The number of nitrogens with one attached hydrogen (secondary N) is 2. The number of aromatic nitrogens is 4. The molecule has 178 valence electrons. The molecule has 9 heteroatoms. The van der Waals surface area contributed by atoms with Gasteiger partial charge in [-0.1, -0.05) is 6.07 Å². The third kappa shape index (κ3) is 3.96. The van der Waals surface area contributed by atoms with Gasteiger partial charge < -0.3 is 10.6 Å². The summed E-state index contributed by atoms with van der Waals surface area (Å²) in [6, 6.07) is 12.8. The minimum Gasteiger partial charge on any atom is -0.324 e. The highest BCUT2D eigenvalue weighted by Crippen LogP contribution is 2.28. The molecule has 0 fully saturated rings. The molecule has 0 saturated heterocycles. The Balaban J connectivity index is 1.62. The summed E-state index contributed by atoms with van der Waals surface area (Å²) in [5.41, 5.74) is 3.36. The van der Waals surface area contributed by atoms with Gasteiger partial charge in [0.25, 0.3) is 5.56 Å². The number of hydrogen-bond donors (Lipinski definition) is 2. The Kier molecular flexibility index (Phi) is 5.61. The van der Waals surface area contributed by atoms with Crippen molar-refractivity contribution >= 4 is 22.7 Å². The average Bonchev–Trinajstić information content (AvgIpc) is 3.15. The van der Waals surface area contributed by atoms with E-state index in [4.69, 9.17) is 0 Å². The first kappa shape index (κ1) is 22.7. The molecular weight excluding hydrogens is 445 g/mol. The maximum atomic E-state index is 14.6. The third-order valence-corrected chi connectivity index (χ3v) is 6.47. The molecule has 0 radical (unpaired) electrons. The van der Waals surface area contributed by atoms with Gasteiger partial charge in [-0.15, -0.1) is 0 Å². The molecule has 1 aliphatic rings. The van der Waals surface area contributed by atoms with Crippen LogP contribution in [0.1, 0.15) is 37.5 Å². The molecule has 0 amide bonds. The van der Waals surface area contributed by atoms with Crippen LogP contribution in [0.4, 0.5) is 16.0 Å². The van der Waals surface area contributed by atoms with Gasteiger partial charge in [-0.25, -0.2) is 18.7 Å². The monoisotopic (exact) mass is 471 g/mol. The van der Waals surface area contributed by atoms with E-state index < -0.39 is 11.2 Å². The minimum absolute atomic E-state index is 0.235. The zero-order valence-electron chi connectivity index (χ0n) is 19.9. The first-order valence-electron chi connectivity index (χ1n) is 11.6. The van der Waals surface area contributed by atoms with E-state index in [-0.39, 0.29) is 11.1 Å². The number of nitriles is 1. The fourth-order valence-electron chi connectivity index (χ4n) is 4.50. The lowest BCUT2D eigenvalue weighted by atomic mass is 9.86. The fraction of sp³-hybridized carbons (Fsp3) is 0.308. The van der Waals surface area contributed by atoms with Crippen molar-refractivity contribution in [3.63, 3.8) is 0 Å². The SMILES string of the molecule is CCn1c(=O)c2cnc(Nc3ccc4c(c3)CCNC4)nc2n1-c1ccc(F)c(C(C)(C)C#N)c1. The van der Waals surface area contributed by atoms with E-state index in [0.29, 0.717) is 29.2 Å². The molecule has 3 heterocycles. The molecule has 35 heavy (non-hydrogen) atoms. The highest BCUT2D eigenvalue weighted by atomic mass is 19.1. The number of fused-ring (bicyclic) bond motifs is 2. The van der Waals surface area contributed by atoms with Crippen LogP contribution in [0, 0.1) is 17.1 Å². The molecule has 2 aromatic carbocycles.